The minimum Gasteiger partial charge on any atom is -0.378 e. The Morgan fingerprint density at radius 2 is 2.14 bits per heavy atom. The fourth-order valence-corrected chi connectivity index (χ4v) is 3.01. The van der Waals surface area contributed by atoms with Crippen molar-refractivity contribution < 1.29 is 9.53 Å². The summed E-state index contributed by atoms with van der Waals surface area (Å²) in [6, 6.07) is 8.46. The number of hydrogen-bond acceptors (Lipinski definition) is 4. The highest BCUT2D eigenvalue weighted by Crippen LogP contribution is 2.27. The van der Waals surface area contributed by atoms with Crippen molar-refractivity contribution in [1.82, 2.24) is 5.32 Å². The van der Waals surface area contributed by atoms with Gasteiger partial charge in [0.25, 0.3) is 0 Å². The lowest BCUT2D eigenvalue weighted by Gasteiger charge is -2.24. The van der Waals surface area contributed by atoms with E-state index >= 15 is 0 Å². The summed E-state index contributed by atoms with van der Waals surface area (Å²) in [7, 11) is 0. The van der Waals surface area contributed by atoms with Gasteiger partial charge >= 0.3 is 0 Å². The second-order valence-corrected chi connectivity index (χ2v) is 6.11. The molecule has 1 heterocycles. The van der Waals surface area contributed by atoms with Gasteiger partial charge in [-0.25, -0.2) is 0 Å². The Labute approximate surface area is 131 Å². The van der Waals surface area contributed by atoms with Crippen LogP contribution in [0.2, 0.25) is 0 Å². The molecule has 0 aromatic heterocycles. The third-order valence-electron chi connectivity index (χ3n) is 4.16. The monoisotopic (exact) mass is 301 g/mol. The molecule has 0 saturated carbocycles. The van der Waals surface area contributed by atoms with E-state index in [1.165, 1.54) is 0 Å². The third kappa shape index (κ3) is 3.85. The molecule has 0 bridgehead atoms. The Morgan fingerprint density at radius 1 is 1.45 bits per heavy atom. The molecule has 3 N–H and O–H groups in total. The van der Waals surface area contributed by atoms with Gasteiger partial charge in [0.2, 0.25) is 5.91 Å². The van der Waals surface area contributed by atoms with E-state index in [4.69, 9.17) is 15.7 Å². The van der Waals surface area contributed by atoms with Crippen LogP contribution >= 0.6 is 0 Å². The highest BCUT2D eigenvalue weighted by molar-refractivity contribution is 5.81. The molecule has 0 spiro atoms. The zero-order valence-electron chi connectivity index (χ0n) is 13.1. The van der Waals surface area contributed by atoms with Gasteiger partial charge in [0, 0.05) is 19.1 Å². The van der Waals surface area contributed by atoms with Gasteiger partial charge in [0.15, 0.2) is 0 Å². The van der Waals surface area contributed by atoms with Gasteiger partial charge in [-0.3, -0.25) is 4.79 Å². The fraction of sp³-hybridized carbons (Fsp3) is 0.529. The van der Waals surface area contributed by atoms with Crippen molar-refractivity contribution in [2.45, 2.75) is 32.4 Å². The van der Waals surface area contributed by atoms with Crippen molar-refractivity contribution in [3.63, 3.8) is 0 Å². The second kappa shape index (κ2) is 7.39. The van der Waals surface area contributed by atoms with Crippen LogP contribution in [0.1, 0.15) is 37.4 Å². The summed E-state index contributed by atoms with van der Waals surface area (Å²) < 4.78 is 5.76. The SMILES string of the molecule is CC(C)[C@H]1OCC[C@@H]1CN[C@H](C(N)=O)c1ccc(C#N)cc1. The second-order valence-electron chi connectivity index (χ2n) is 6.11. The normalized spacial score (nSPS) is 22.5. The van der Waals surface area contributed by atoms with Crippen LogP contribution in [0, 0.1) is 23.2 Å². The topological polar surface area (TPSA) is 88.1 Å². The van der Waals surface area contributed by atoms with Gasteiger partial charge < -0.3 is 15.8 Å². The van der Waals surface area contributed by atoms with Crippen LogP contribution in [0.3, 0.4) is 0 Å². The number of carbonyl (C=O) groups excluding carboxylic acids is 1. The maximum Gasteiger partial charge on any atom is 0.239 e. The molecule has 22 heavy (non-hydrogen) atoms. The number of primary amides is 1. The molecular formula is C17H23N3O2. The molecule has 1 saturated heterocycles. The molecule has 5 heteroatoms. The van der Waals surface area contributed by atoms with Crippen LogP contribution in [-0.2, 0) is 9.53 Å². The van der Waals surface area contributed by atoms with Crippen molar-refractivity contribution in [3.05, 3.63) is 35.4 Å². The highest BCUT2D eigenvalue weighted by atomic mass is 16.5. The van der Waals surface area contributed by atoms with E-state index in [1.54, 1.807) is 24.3 Å². The summed E-state index contributed by atoms with van der Waals surface area (Å²) in [4.78, 5) is 11.7. The van der Waals surface area contributed by atoms with E-state index in [0.717, 1.165) is 18.6 Å². The molecule has 1 aromatic rings. The minimum atomic E-state index is -0.541. The molecule has 1 aliphatic rings. The number of nitrogens with zero attached hydrogens (tertiary/aromatic N) is 1. The Balaban J connectivity index is 2.03. The minimum absolute atomic E-state index is 0.224. The number of carbonyl (C=O) groups is 1. The number of nitriles is 1. The van der Waals surface area contributed by atoms with Crippen LogP contribution in [0.5, 0.6) is 0 Å². The average Bonchev–Trinajstić information content (AvgIpc) is 2.96. The quantitative estimate of drug-likeness (QED) is 0.837. The standard InChI is InChI=1S/C17H23N3O2/c1-11(2)16-14(7-8-22-16)10-20-15(17(19)21)13-5-3-12(9-18)4-6-13/h3-6,11,14-16,20H,7-8,10H2,1-2H3,(H2,19,21)/t14-,15+,16-/m1/s1. The molecule has 0 unspecified atom stereocenters. The van der Waals surface area contributed by atoms with E-state index in [2.05, 4.69) is 25.2 Å². The largest absolute Gasteiger partial charge is 0.378 e. The van der Waals surface area contributed by atoms with Crippen molar-refractivity contribution >= 4 is 5.91 Å². The summed E-state index contributed by atoms with van der Waals surface area (Å²) in [5, 5.41) is 12.1. The lowest BCUT2D eigenvalue weighted by Crippen LogP contribution is -2.39. The first-order chi connectivity index (χ1) is 10.5. The van der Waals surface area contributed by atoms with Crippen molar-refractivity contribution in [3.8, 4) is 6.07 Å². The number of hydrogen-bond donors (Lipinski definition) is 2. The highest BCUT2D eigenvalue weighted by Gasteiger charge is 2.31. The van der Waals surface area contributed by atoms with Crippen LogP contribution in [0.25, 0.3) is 0 Å². The summed E-state index contributed by atoms with van der Waals surface area (Å²) in [6.07, 6.45) is 1.22. The first kappa shape index (κ1) is 16.5. The van der Waals surface area contributed by atoms with Gasteiger partial charge in [-0.15, -0.1) is 0 Å². The van der Waals surface area contributed by atoms with Crippen LogP contribution in [-0.4, -0.2) is 25.2 Å². The van der Waals surface area contributed by atoms with Gasteiger partial charge in [-0.2, -0.15) is 5.26 Å². The first-order valence-corrected chi connectivity index (χ1v) is 7.67. The predicted molar refractivity (Wildman–Crippen MR) is 83.8 cm³/mol. The maximum atomic E-state index is 11.7. The molecule has 1 fully saturated rings. The van der Waals surface area contributed by atoms with Crippen LogP contribution in [0.4, 0.5) is 0 Å². The average molecular weight is 301 g/mol. The van der Waals surface area contributed by atoms with E-state index in [-0.39, 0.29) is 6.10 Å². The number of nitrogens with two attached hydrogens (primary N) is 1. The summed E-state index contributed by atoms with van der Waals surface area (Å²) in [5.74, 6) is 0.432. The van der Waals surface area contributed by atoms with E-state index in [0.29, 0.717) is 23.9 Å². The molecule has 118 valence electrons. The zero-order chi connectivity index (χ0) is 16.1. The summed E-state index contributed by atoms with van der Waals surface area (Å²) in [5.41, 5.74) is 6.87. The first-order valence-electron chi connectivity index (χ1n) is 7.67. The third-order valence-corrected chi connectivity index (χ3v) is 4.16. The molecule has 2 rings (SSSR count). The molecule has 1 amide bonds. The Morgan fingerprint density at radius 3 is 2.68 bits per heavy atom. The molecular weight excluding hydrogens is 278 g/mol. The summed E-state index contributed by atoms with van der Waals surface area (Å²) in [6.45, 7) is 5.76. The van der Waals surface area contributed by atoms with Crippen molar-refractivity contribution in [1.29, 1.82) is 5.26 Å². The maximum absolute atomic E-state index is 11.7. The fourth-order valence-electron chi connectivity index (χ4n) is 3.01. The lowest BCUT2D eigenvalue weighted by atomic mass is 9.92. The number of benzene rings is 1. The Kier molecular flexibility index (Phi) is 5.53. The van der Waals surface area contributed by atoms with Gasteiger partial charge in [-0.05, 0) is 30.0 Å². The van der Waals surface area contributed by atoms with Crippen LogP contribution < -0.4 is 11.1 Å². The van der Waals surface area contributed by atoms with E-state index < -0.39 is 11.9 Å². The molecule has 0 radical (unpaired) electrons. The Bertz CT molecular complexity index is 548. The molecule has 1 aliphatic heterocycles. The predicted octanol–water partition coefficient (Wildman–Crippen LogP) is 1.74. The zero-order valence-corrected chi connectivity index (χ0v) is 13.1. The number of ether oxygens (including phenoxy) is 1. The number of rotatable bonds is 6. The van der Waals surface area contributed by atoms with Crippen molar-refractivity contribution in [2.75, 3.05) is 13.2 Å². The molecule has 1 aromatic carbocycles. The number of nitrogens with one attached hydrogen (secondary N) is 1. The van der Waals surface area contributed by atoms with E-state index in [1.807, 2.05) is 0 Å². The summed E-state index contributed by atoms with van der Waals surface area (Å²) >= 11 is 0. The van der Waals surface area contributed by atoms with E-state index in [9.17, 15) is 4.79 Å². The van der Waals surface area contributed by atoms with Gasteiger partial charge in [0.1, 0.15) is 6.04 Å². The van der Waals surface area contributed by atoms with Gasteiger partial charge in [0.05, 0.1) is 17.7 Å². The lowest BCUT2D eigenvalue weighted by molar-refractivity contribution is -0.120. The van der Waals surface area contributed by atoms with Gasteiger partial charge in [-0.1, -0.05) is 26.0 Å². The molecule has 3 atom stereocenters. The Hall–Kier alpha value is -1.90. The molecule has 0 aliphatic carbocycles. The smallest absolute Gasteiger partial charge is 0.239 e. The molecule has 5 nitrogen and oxygen atoms in total. The van der Waals surface area contributed by atoms with Crippen LogP contribution in [0.15, 0.2) is 24.3 Å². The van der Waals surface area contributed by atoms with Crippen molar-refractivity contribution in [2.24, 2.45) is 17.6 Å². The number of amides is 1.